The SMILES string of the molecule is CNc1cccc(NCC2(OC)CCOC2)c1[N+](=O)[O-]. The molecule has 20 heavy (non-hydrogen) atoms. The Bertz CT molecular complexity index is 487. The molecule has 1 aliphatic rings. The summed E-state index contributed by atoms with van der Waals surface area (Å²) in [7, 11) is 3.29. The first-order chi connectivity index (χ1) is 9.62. The molecule has 0 amide bonds. The Kier molecular flexibility index (Phi) is 4.41. The highest BCUT2D eigenvalue weighted by Gasteiger charge is 2.35. The van der Waals surface area contributed by atoms with Crippen molar-refractivity contribution in [2.45, 2.75) is 12.0 Å². The van der Waals surface area contributed by atoms with Gasteiger partial charge >= 0.3 is 5.69 Å². The molecule has 0 spiro atoms. The van der Waals surface area contributed by atoms with E-state index in [0.29, 0.717) is 31.1 Å². The lowest BCUT2D eigenvalue weighted by molar-refractivity contribution is -0.383. The number of ether oxygens (including phenoxy) is 2. The normalized spacial score (nSPS) is 21.7. The number of methoxy groups -OCH3 is 1. The smallest absolute Gasteiger partial charge is 0.315 e. The Hall–Kier alpha value is -1.86. The molecule has 2 N–H and O–H groups in total. The molecule has 1 saturated heterocycles. The Morgan fingerprint density at radius 1 is 1.50 bits per heavy atom. The lowest BCUT2D eigenvalue weighted by Gasteiger charge is -2.26. The van der Waals surface area contributed by atoms with Crippen molar-refractivity contribution in [1.29, 1.82) is 0 Å². The molecule has 7 heteroatoms. The van der Waals surface area contributed by atoms with Crippen molar-refractivity contribution in [2.24, 2.45) is 0 Å². The van der Waals surface area contributed by atoms with E-state index in [0.717, 1.165) is 6.42 Å². The first-order valence-electron chi connectivity index (χ1n) is 6.44. The van der Waals surface area contributed by atoms with Crippen LogP contribution < -0.4 is 10.6 Å². The average molecular weight is 281 g/mol. The standard InChI is InChI=1S/C13H19N3O4/c1-14-10-4-3-5-11(12(10)16(17)18)15-8-13(19-2)6-7-20-9-13/h3-5,14-15H,6-9H2,1-2H3. The molecule has 2 rings (SSSR count). The predicted molar refractivity (Wildman–Crippen MR) is 76.3 cm³/mol. The number of hydrogen-bond acceptors (Lipinski definition) is 6. The topological polar surface area (TPSA) is 85.7 Å². The monoisotopic (exact) mass is 281 g/mol. The number of nitro groups is 1. The summed E-state index contributed by atoms with van der Waals surface area (Å²) in [5.74, 6) is 0. The molecule has 1 atom stereocenters. The first-order valence-corrected chi connectivity index (χ1v) is 6.44. The third kappa shape index (κ3) is 2.83. The highest BCUT2D eigenvalue weighted by atomic mass is 16.6. The van der Waals surface area contributed by atoms with Crippen LogP contribution in [0, 0.1) is 10.1 Å². The van der Waals surface area contributed by atoms with Gasteiger partial charge in [0.2, 0.25) is 0 Å². The Balaban J connectivity index is 2.19. The quantitative estimate of drug-likeness (QED) is 0.611. The summed E-state index contributed by atoms with van der Waals surface area (Å²) in [6, 6.07) is 5.14. The summed E-state index contributed by atoms with van der Waals surface area (Å²) in [6.07, 6.45) is 0.774. The maximum atomic E-state index is 11.2. The van der Waals surface area contributed by atoms with Gasteiger partial charge in [0.1, 0.15) is 17.0 Å². The third-order valence-electron chi connectivity index (χ3n) is 3.59. The molecule has 110 valence electrons. The fourth-order valence-corrected chi connectivity index (χ4v) is 2.30. The van der Waals surface area contributed by atoms with E-state index in [-0.39, 0.29) is 5.69 Å². The van der Waals surface area contributed by atoms with Crippen molar-refractivity contribution in [2.75, 3.05) is 44.5 Å². The van der Waals surface area contributed by atoms with Gasteiger partial charge in [0.05, 0.1) is 11.5 Å². The number of hydrogen-bond donors (Lipinski definition) is 2. The van der Waals surface area contributed by atoms with Gasteiger partial charge in [0.15, 0.2) is 0 Å². The fourth-order valence-electron chi connectivity index (χ4n) is 2.30. The van der Waals surface area contributed by atoms with E-state index >= 15 is 0 Å². The largest absolute Gasteiger partial charge is 0.382 e. The van der Waals surface area contributed by atoms with Gasteiger partial charge in [-0.05, 0) is 12.1 Å². The van der Waals surface area contributed by atoms with Crippen molar-refractivity contribution in [1.82, 2.24) is 0 Å². The van der Waals surface area contributed by atoms with Crippen molar-refractivity contribution >= 4 is 17.1 Å². The van der Waals surface area contributed by atoms with Gasteiger partial charge in [-0.1, -0.05) is 6.07 Å². The van der Waals surface area contributed by atoms with Crippen LogP contribution in [0.3, 0.4) is 0 Å². The van der Waals surface area contributed by atoms with Gasteiger partial charge < -0.3 is 20.1 Å². The minimum absolute atomic E-state index is 0.0418. The molecule has 1 aliphatic heterocycles. The van der Waals surface area contributed by atoms with Gasteiger partial charge in [0, 0.05) is 33.7 Å². The molecule has 7 nitrogen and oxygen atoms in total. The van der Waals surface area contributed by atoms with Crippen LogP contribution in [0.15, 0.2) is 18.2 Å². The Morgan fingerprint density at radius 2 is 2.25 bits per heavy atom. The fraction of sp³-hybridized carbons (Fsp3) is 0.538. The number of nitrogens with one attached hydrogen (secondary N) is 2. The van der Waals surface area contributed by atoms with Crippen LogP contribution >= 0.6 is 0 Å². The number of benzene rings is 1. The van der Waals surface area contributed by atoms with Crippen LogP contribution in [0.25, 0.3) is 0 Å². The zero-order valence-corrected chi connectivity index (χ0v) is 11.6. The maximum Gasteiger partial charge on any atom is 0.315 e. The minimum Gasteiger partial charge on any atom is -0.382 e. The highest BCUT2D eigenvalue weighted by molar-refractivity contribution is 5.76. The number of nitrogens with zero attached hydrogens (tertiary/aromatic N) is 1. The summed E-state index contributed by atoms with van der Waals surface area (Å²) in [6.45, 7) is 1.61. The molecule has 0 bridgehead atoms. The molecule has 0 aromatic heterocycles. The number of anilines is 2. The van der Waals surface area contributed by atoms with Crippen LogP contribution in [0.2, 0.25) is 0 Å². The second-order valence-electron chi connectivity index (χ2n) is 4.75. The maximum absolute atomic E-state index is 11.2. The first kappa shape index (κ1) is 14.5. The lowest BCUT2D eigenvalue weighted by Crippen LogP contribution is -2.39. The molecule has 1 fully saturated rings. The Labute approximate surface area is 117 Å². The minimum atomic E-state index is -0.413. The molecular formula is C13H19N3O4. The summed E-state index contributed by atoms with van der Waals surface area (Å²) in [5.41, 5.74) is 0.586. The van der Waals surface area contributed by atoms with E-state index in [4.69, 9.17) is 9.47 Å². The van der Waals surface area contributed by atoms with Gasteiger partial charge in [-0.2, -0.15) is 0 Å². The molecular weight excluding hydrogens is 262 g/mol. The summed E-state index contributed by atoms with van der Waals surface area (Å²) >= 11 is 0. The van der Waals surface area contributed by atoms with Gasteiger partial charge in [-0.3, -0.25) is 10.1 Å². The molecule has 1 aromatic rings. The van der Waals surface area contributed by atoms with E-state index in [2.05, 4.69) is 10.6 Å². The zero-order valence-electron chi connectivity index (χ0n) is 11.6. The molecule has 0 saturated carbocycles. The number of para-hydroxylation sites is 1. The summed E-state index contributed by atoms with van der Waals surface area (Å²) < 4.78 is 10.9. The highest BCUT2D eigenvalue weighted by Crippen LogP contribution is 2.33. The van der Waals surface area contributed by atoms with E-state index in [1.165, 1.54) is 0 Å². The predicted octanol–water partition coefficient (Wildman–Crippen LogP) is 1.85. The van der Waals surface area contributed by atoms with Crippen molar-refractivity contribution < 1.29 is 14.4 Å². The molecule has 0 radical (unpaired) electrons. The average Bonchev–Trinajstić information content (AvgIpc) is 2.93. The van der Waals surface area contributed by atoms with Crippen molar-refractivity contribution in [3.63, 3.8) is 0 Å². The van der Waals surface area contributed by atoms with E-state index in [1.54, 1.807) is 32.4 Å². The summed E-state index contributed by atoms with van der Waals surface area (Å²) in [4.78, 5) is 10.8. The molecule has 1 aromatic carbocycles. The molecule has 0 aliphatic carbocycles. The third-order valence-corrected chi connectivity index (χ3v) is 3.59. The lowest BCUT2D eigenvalue weighted by atomic mass is 10.0. The van der Waals surface area contributed by atoms with Gasteiger partial charge in [-0.25, -0.2) is 0 Å². The van der Waals surface area contributed by atoms with E-state index in [1.807, 2.05) is 0 Å². The zero-order chi connectivity index (χ0) is 14.6. The van der Waals surface area contributed by atoms with Crippen LogP contribution in [0.4, 0.5) is 17.1 Å². The number of nitro benzene ring substituents is 1. The second-order valence-corrected chi connectivity index (χ2v) is 4.75. The molecule has 1 heterocycles. The van der Waals surface area contributed by atoms with Crippen LogP contribution in [-0.4, -0.2) is 44.4 Å². The van der Waals surface area contributed by atoms with E-state index in [9.17, 15) is 10.1 Å². The van der Waals surface area contributed by atoms with E-state index < -0.39 is 10.5 Å². The number of rotatable bonds is 6. The van der Waals surface area contributed by atoms with Gasteiger partial charge in [-0.15, -0.1) is 0 Å². The van der Waals surface area contributed by atoms with Crippen molar-refractivity contribution in [3.8, 4) is 0 Å². The van der Waals surface area contributed by atoms with Gasteiger partial charge in [0.25, 0.3) is 0 Å². The van der Waals surface area contributed by atoms with Crippen LogP contribution in [0.1, 0.15) is 6.42 Å². The summed E-state index contributed by atoms with van der Waals surface area (Å²) in [5, 5.41) is 17.2. The van der Waals surface area contributed by atoms with Crippen molar-refractivity contribution in [3.05, 3.63) is 28.3 Å². The van der Waals surface area contributed by atoms with Crippen LogP contribution in [-0.2, 0) is 9.47 Å². The van der Waals surface area contributed by atoms with Crippen LogP contribution in [0.5, 0.6) is 0 Å². The Morgan fingerprint density at radius 3 is 2.80 bits per heavy atom. The molecule has 1 unspecified atom stereocenters. The second kappa shape index (κ2) is 6.06.